The second kappa shape index (κ2) is 8.56. The number of amides is 1. The summed E-state index contributed by atoms with van der Waals surface area (Å²) in [5.74, 6) is -0.357. The molecule has 0 aliphatic rings. The van der Waals surface area contributed by atoms with Crippen molar-refractivity contribution in [3.63, 3.8) is 0 Å². The lowest BCUT2D eigenvalue weighted by atomic mass is 10.0. The lowest BCUT2D eigenvalue weighted by Gasteiger charge is -2.11. The molecule has 0 aliphatic heterocycles. The van der Waals surface area contributed by atoms with Gasteiger partial charge in [-0.3, -0.25) is 4.79 Å². The van der Waals surface area contributed by atoms with Gasteiger partial charge in [0.15, 0.2) is 0 Å². The molecule has 0 rings (SSSR count). The highest BCUT2D eigenvalue weighted by Crippen LogP contribution is 2.10. The minimum atomic E-state index is -0.427. The van der Waals surface area contributed by atoms with Crippen molar-refractivity contribution in [1.29, 1.82) is 0 Å². The molecular weight excluding hydrogens is 218 g/mol. The fraction of sp³-hybridized carbons (Fsp3) is 0.538. The molecule has 0 aliphatic carbocycles. The van der Waals surface area contributed by atoms with Gasteiger partial charge in [0, 0.05) is 18.7 Å². The van der Waals surface area contributed by atoms with Crippen LogP contribution in [0.5, 0.6) is 0 Å². The maximum absolute atomic E-state index is 11.3. The van der Waals surface area contributed by atoms with Gasteiger partial charge in [-0.2, -0.15) is 0 Å². The SMILES string of the molecule is C/C=C/[C@H](C)C/C(=C\C(=O)OCC)NC(C)=O. The average Bonchev–Trinajstić information content (AvgIpc) is 2.16. The van der Waals surface area contributed by atoms with Crippen molar-refractivity contribution >= 4 is 11.9 Å². The highest BCUT2D eigenvalue weighted by molar-refractivity contribution is 5.84. The zero-order valence-corrected chi connectivity index (χ0v) is 10.9. The summed E-state index contributed by atoms with van der Waals surface area (Å²) in [5.41, 5.74) is 0.585. The predicted octanol–water partition coefficient (Wildman–Crippen LogP) is 2.17. The summed E-state index contributed by atoms with van der Waals surface area (Å²) < 4.78 is 4.81. The third kappa shape index (κ3) is 8.25. The van der Waals surface area contributed by atoms with E-state index in [4.69, 9.17) is 4.74 Å². The van der Waals surface area contributed by atoms with Crippen LogP contribution in [0.25, 0.3) is 0 Å². The van der Waals surface area contributed by atoms with Crippen molar-refractivity contribution in [2.24, 2.45) is 5.92 Å². The molecule has 0 aromatic carbocycles. The molecule has 0 bridgehead atoms. The molecule has 0 heterocycles. The summed E-state index contributed by atoms with van der Waals surface area (Å²) in [6, 6.07) is 0. The molecule has 4 nitrogen and oxygen atoms in total. The van der Waals surface area contributed by atoms with Crippen LogP contribution in [-0.2, 0) is 14.3 Å². The van der Waals surface area contributed by atoms with E-state index >= 15 is 0 Å². The first-order chi connectivity index (χ1) is 7.99. The topological polar surface area (TPSA) is 55.4 Å². The average molecular weight is 239 g/mol. The highest BCUT2D eigenvalue weighted by atomic mass is 16.5. The van der Waals surface area contributed by atoms with Crippen LogP contribution in [0.1, 0.15) is 34.1 Å². The van der Waals surface area contributed by atoms with Gasteiger partial charge in [-0.1, -0.05) is 19.1 Å². The summed E-state index contributed by atoms with van der Waals surface area (Å²) >= 11 is 0. The number of allylic oxidation sites excluding steroid dienone is 3. The van der Waals surface area contributed by atoms with Crippen LogP contribution < -0.4 is 5.32 Å². The molecule has 1 N–H and O–H groups in total. The second-order valence-corrected chi connectivity index (χ2v) is 3.81. The van der Waals surface area contributed by atoms with Gasteiger partial charge in [0.2, 0.25) is 5.91 Å². The Balaban J connectivity index is 4.62. The number of ether oxygens (including phenoxy) is 1. The Labute approximate surface area is 103 Å². The third-order valence-electron chi connectivity index (χ3n) is 1.98. The maximum Gasteiger partial charge on any atom is 0.332 e. The molecule has 17 heavy (non-hydrogen) atoms. The Kier molecular flexibility index (Phi) is 7.76. The standard InChI is InChI=1S/C13H21NO3/c1-5-7-10(3)8-12(14-11(4)15)9-13(16)17-6-2/h5,7,9-10H,6,8H2,1-4H3,(H,14,15)/b7-5+,12-9+/t10-/m0/s1. The Hall–Kier alpha value is -1.58. The zero-order valence-electron chi connectivity index (χ0n) is 10.9. The molecule has 0 aromatic rings. The van der Waals surface area contributed by atoms with Crippen LogP contribution in [0.2, 0.25) is 0 Å². The summed E-state index contributed by atoms with van der Waals surface area (Å²) in [5, 5.41) is 2.65. The van der Waals surface area contributed by atoms with E-state index in [1.165, 1.54) is 13.0 Å². The molecule has 96 valence electrons. The number of hydrogen-bond acceptors (Lipinski definition) is 3. The van der Waals surface area contributed by atoms with Crippen molar-refractivity contribution in [1.82, 2.24) is 5.32 Å². The Bertz CT molecular complexity index is 319. The normalized spacial score (nSPS) is 13.5. The largest absolute Gasteiger partial charge is 0.463 e. The van der Waals surface area contributed by atoms with Crippen molar-refractivity contribution < 1.29 is 14.3 Å². The molecule has 0 unspecified atom stereocenters. The van der Waals surface area contributed by atoms with Gasteiger partial charge >= 0.3 is 5.97 Å². The number of rotatable bonds is 6. The molecule has 0 fully saturated rings. The molecule has 0 saturated carbocycles. The smallest absolute Gasteiger partial charge is 0.332 e. The van der Waals surface area contributed by atoms with Gasteiger partial charge in [0.25, 0.3) is 0 Å². The molecule has 4 heteroatoms. The van der Waals surface area contributed by atoms with E-state index < -0.39 is 5.97 Å². The molecular formula is C13H21NO3. The number of nitrogens with one attached hydrogen (secondary N) is 1. The first-order valence-corrected chi connectivity index (χ1v) is 5.77. The van der Waals surface area contributed by atoms with E-state index in [0.717, 1.165) is 0 Å². The van der Waals surface area contributed by atoms with Gasteiger partial charge in [0.05, 0.1) is 6.61 Å². The second-order valence-electron chi connectivity index (χ2n) is 3.81. The van der Waals surface area contributed by atoms with E-state index in [9.17, 15) is 9.59 Å². The molecule has 0 spiro atoms. The van der Waals surface area contributed by atoms with E-state index in [0.29, 0.717) is 18.7 Å². The minimum Gasteiger partial charge on any atom is -0.463 e. The Morgan fingerprint density at radius 3 is 2.53 bits per heavy atom. The summed E-state index contributed by atoms with van der Waals surface area (Å²) in [6.07, 6.45) is 5.90. The molecule has 0 aromatic heterocycles. The number of esters is 1. The maximum atomic E-state index is 11.3. The van der Waals surface area contributed by atoms with E-state index in [-0.39, 0.29) is 11.8 Å². The molecule has 0 saturated heterocycles. The Morgan fingerprint density at radius 1 is 1.41 bits per heavy atom. The molecule has 1 amide bonds. The van der Waals surface area contributed by atoms with E-state index in [2.05, 4.69) is 5.32 Å². The van der Waals surface area contributed by atoms with Gasteiger partial charge < -0.3 is 10.1 Å². The summed E-state index contributed by atoms with van der Waals surface area (Å²) in [4.78, 5) is 22.3. The molecule has 0 radical (unpaired) electrons. The van der Waals surface area contributed by atoms with Crippen molar-refractivity contribution in [2.45, 2.75) is 34.1 Å². The quantitative estimate of drug-likeness (QED) is 0.439. The monoisotopic (exact) mass is 239 g/mol. The van der Waals surface area contributed by atoms with Crippen LogP contribution in [0, 0.1) is 5.92 Å². The first kappa shape index (κ1) is 15.4. The fourth-order valence-electron chi connectivity index (χ4n) is 1.44. The zero-order chi connectivity index (χ0) is 13.3. The fourth-order valence-corrected chi connectivity index (χ4v) is 1.44. The highest BCUT2D eigenvalue weighted by Gasteiger charge is 2.07. The van der Waals surface area contributed by atoms with Gasteiger partial charge in [0.1, 0.15) is 0 Å². The van der Waals surface area contributed by atoms with Crippen molar-refractivity contribution in [2.75, 3.05) is 6.61 Å². The number of hydrogen-bond donors (Lipinski definition) is 1. The number of carbonyl (C=O) groups excluding carboxylic acids is 2. The molecule has 1 atom stereocenters. The van der Waals surface area contributed by atoms with E-state index in [1.807, 2.05) is 26.0 Å². The minimum absolute atomic E-state index is 0.187. The van der Waals surface area contributed by atoms with Crippen LogP contribution >= 0.6 is 0 Å². The lowest BCUT2D eigenvalue weighted by molar-refractivity contribution is -0.137. The summed E-state index contributed by atoms with van der Waals surface area (Å²) in [6.45, 7) is 7.43. The lowest BCUT2D eigenvalue weighted by Crippen LogP contribution is -2.21. The van der Waals surface area contributed by atoms with Crippen LogP contribution in [0.15, 0.2) is 23.9 Å². The van der Waals surface area contributed by atoms with E-state index in [1.54, 1.807) is 6.92 Å². The van der Waals surface area contributed by atoms with Gasteiger partial charge in [-0.15, -0.1) is 0 Å². The van der Waals surface area contributed by atoms with Crippen molar-refractivity contribution in [3.05, 3.63) is 23.9 Å². The van der Waals surface area contributed by atoms with Gasteiger partial charge in [-0.05, 0) is 26.2 Å². The van der Waals surface area contributed by atoms with Crippen LogP contribution in [0.4, 0.5) is 0 Å². The van der Waals surface area contributed by atoms with Crippen LogP contribution in [0.3, 0.4) is 0 Å². The van der Waals surface area contributed by atoms with Crippen molar-refractivity contribution in [3.8, 4) is 0 Å². The predicted molar refractivity (Wildman–Crippen MR) is 67.1 cm³/mol. The van der Waals surface area contributed by atoms with Crippen LogP contribution in [-0.4, -0.2) is 18.5 Å². The first-order valence-electron chi connectivity index (χ1n) is 5.77. The number of carbonyl (C=O) groups is 2. The van der Waals surface area contributed by atoms with Gasteiger partial charge in [-0.25, -0.2) is 4.79 Å². The Morgan fingerprint density at radius 2 is 2.06 bits per heavy atom. The summed E-state index contributed by atoms with van der Waals surface area (Å²) in [7, 11) is 0. The third-order valence-corrected chi connectivity index (χ3v) is 1.98.